The molecule has 1 aliphatic heterocycles. The highest BCUT2D eigenvalue weighted by Gasteiger charge is 2.18. The molecule has 0 radical (unpaired) electrons. The lowest BCUT2D eigenvalue weighted by molar-refractivity contribution is -0.116. The molecule has 0 bridgehead atoms. The molecule has 3 rings (SSSR count). The average Bonchev–Trinajstić information content (AvgIpc) is 2.79. The van der Waals surface area contributed by atoms with Crippen molar-refractivity contribution in [1.82, 2.24) is 5.32 Å². The van der Waals surface area contributed by atoms with Gasteiger partial charge in [0, 0.05) is 50.6 Å². The van der Waals surface area contributed by atoms with Gasteiger partial charge in [-0.15, -0.1) is 0 Å². The first kappa shape index (κ1) is 22.3. The normalized spacial score (nSPS) is 14.6. The highest BCUT2D eigenvalue weighted by Crippen LogP contribution is 2.22. The maximum Gasteiger partial charge on any atom is 0.224 e. The van der Waals surface area contributed by atoms with Gasteiger partial charge < -0.3 is 20.3 Å². The van der Waals surface area contributed by atoms with Crippen molar-refractivity contribution in [2.24, 2.45) is 0 Å². The molecule has 1 saturated heterocycles. The predicted molar refractivity (Wildman–Crippen MR) is 124 cm³/mol. The maximum absolute atomic E-state index is 12.2. The molecular weight excluding hydrogens is 374 g/mol. The van der Waals surface area contributed by atoms with Gasteiger partial charge in [-0.2, -0.15) is 0 Å². The number of nitrogens with zero attached hydrogens (tertiary/aromatic N) is 1. The lowest BCUT2D eigenvalue weighted by Gasteiger charge is -2.34. The number of anilines is 2. The summed E-state index contributed by atoms with van der Waals surface area (Å²) < 4.78 is 5.10. The number of methoxy groups -OCH3 is 1. The highest BCUT2D eigenvalue weighted by atomic mass is 16.5. The third-order valence-corrected chi connectivity index (χ3v) is 5.71. The second kappa shape index (κ2) is 12.4. The van der Waals surface area contributed by atoms with E-state index in [1.165, 1.54) is 11.3 Å². The fraction of sp³-hybridized carbons (Fsp3) is 0.480. The SMILES string of the molecule is COCCNC1CCN(c2ccc(NC(=O)CCCCc3ccccc3)cc2)CC1. The maximum atomic E-state index is 12.2. The van der Waals surface area contributed by atoms with Gasteiger partial charge in [0.05, 0.1) is 6.61 Å². The van der Waals surface area contributed by atoms with Crippen molar-refractivity contribution in [2.45, 2.75) is 44.6 Å². The Balaban J connectivity index is 1.34. The van der Waals surface area contributed by atoms with E-state index in [1.807, 2.05) is 18.2 Å². The Morgan fingerprint density at radius 2 is 1.77 bits per heavy atom. The summed E-state index contributed by atoms with van der Waals surface area (Å²) in [5.41, 5.74) is 3.44. The smallest absolute Gasteiger partial charge is 0.224 e. The van der Waals surface area contributed by atoms with Crippen LogP contribution in [0.5, 0.6) is 0 Å². The van der Waals surface area contributed by atoms with E-state index in [2.05, 4.69) is 51.9 Å². The van der Waals surface area contributed by atoms with E-state index in [1.54, 1.807) is 7.11 Å². The predicted octanol–water partition coefficient (Wildman–Crippen LogP) is 4.24. The van der Waals surface area contributed by atoms with Gasteiger partial charge in [-0.25, -0.2) is 0 Å². The van der Waals surface area contributed by atoms with Gasteiger partial charge in [0.15, 0.2) is 0 Å². The molecule has 5 nitrogen and oxygen atoms in total. The lowest BCUT2D eigenvalue weighted by Crippen LogP contribution is -2.43. The van der Waals surface area contributed by atoms with Crippen molar-refractivity contribution in [2.75, 3.05) is 43.6 Å². The fourth-order valence-electron chi connectivity index (χ4n) is 3.95. The minimum atomic E-state index is 0.0961. The van der Waals surface area contributed by atoms with Crippen molar-refractivity contribution >= 4 is 17.3 Å². The van der Waals surface area contributed by atoms with E-state index in [4.69, 9.17) is 4.74 Å². The van der Waals surface area contributed by atoms with Crippen LogP contribution in [0.4, 0.5) is 11.4 Å². The Morgan fingerprint density at radius 1 is 1.03 bits per heavy atom. The number of rotatable bonds is 11. The van der Waals surface area contributed by atoms with Crippen LogP contribution in [-0.2, 0) is 16.0 Å². The zero-order chi connectivity index (χ0) is 21.0. The molecule has 1 amide bonds. The first-order valence-electron chi connectivity index (χ1n) is 11.2. The van der Waals surface area contributed by atoms with Crippen molar-refractivity contribution in [3.05, 3.63) is 60.2 Å². The van der Waals surface area contributed by atoms with Gasteiger partial charge in [0.25, 0.3) is 0 Å². The number of hydrogen-bond donors (Lipinski definition) is 2. The monoisotopic (exact) mass is 409 g/mol. The van der Waals surface area contributed by atoms with Gasteiger partial charge in [-0.3, -0.25) is 4.79 Å². The number of carbonyl (C=O) groups is 1. The summed E-state index contributed by atoms with van der Waals surface area (Å²) in [6.07, 6.45) is 5.83. The molecule has 162 valence electrons. The van der Waals surface area contributed by atoms with E-state index in [-0.39, 0.29) is 5.91 Å². The van der Waals surface area contributed by atoms with Crippen molar-refractivity contribution in [3.8, 4) is 0 Å². The molecule has 0 spiro atoms. The molecule has 1 fully saturated rings. The van der Waals surface area contributed by atoms with Crippen LogP contribution in [0.25, 0.3) is 0 Å². The summed E-state index contributed by atoms with van der Waals surface area (Å²) in [6, 6.07) is 19.3. The average molecular weight is 410 g/mol. The lowest BCUT2D eigenvalue weighted by atomic mass is 10.0. The van der Waals surface area contributed by atoms with Crippen LogP contribution in [-0.4, -0.2) is 45.3 Å². The highest BCUT2D eigenvalue weighted by molar-refractivity contribution is 5.90. The number of aryl methyl sites for hydroxylation is 1. The molecule has 0 saturated carbocycles. The molecular formula is C25H35N3O2. The second-order valence-electron chi connectivity index (χ2n) is 8.00. The van der Waals surface area contributed by atoms with Crippen LogP contribution >= 0.6 is 0 Å². The van der Waals surface area contributed by atoms with Gasteiger partial charge >= 0.3 is 0 Å². The van der Waals surface area contributed by atoms with Crippen LogP contribution in [0.15, 0.2) is 54.6 Å². The fourth-order valence-corrected chi connectivity index (χ4v) is 3.95. The molecule has 1 aliphatic rings. The molecule has 30 heavy (non-hydrogen) atoms. The van der Waals surface area contributed by atoms with E-state index in [9.17, 15) is 4.79 Å². The van der Waals surface area contributed by atoms with E-state index in [0.717, 1.165) is 64.0 Å². The Bertz CT molecular complexity index is 741. The van der Waals surface area contributed by atoms with E-state index in [0.29, 0.717) is 12.5 Å². The number of nitrogens with one attached hydrogen (secondary N) is 2. The van der Waals surface area contributed by atoms with Crippen LogP contribution in [0, 0.1) is 0 Å². The Morgan fingerprint density at radius 3 is 2.47 bits per heavy atom. The number of carbonyl (C=O) groups excluding carboxylic acids is 1. The molecule has 0 aromatic heterocycles. The summed E-state index contributed by atoms with van der Waals surface area (Å²) in [7, 11) is 1.74. The summed E-state index contributed by atoms with van der Waals surface area (Å²) >= 11 is 0. The number of piperidine rings is 1. The largest absolute Gasteiger partial charge is 0.383 e. The first-order valence-corrected chi connectivity index (χ1v) is 11.2. The Hall–Kier alpha value is -2.37. The third kappa shape index (κ3) is 7.47. The molecule has 2 aromatic rings. The number of unbranched alkanes of at least 4 members (excludes halogenated alkanes) is 1. The van der Waals surface area contributed by atoms with Crippen molar-refractivity contribution < 1.29 is 9.53 Å². The number of amides is 1. The minimum Gasteiger partial charge on any atom is -0.383 e. The standard InChI is InChI=1S/C25H35N3O2/c1-30-20-17-26-22-15-18-28(19-16-22)24-13-11-23(12-14-24)27-25(29)10-6-5-9-21-7-3-2-4-8-21/h2-4,7-8,11-14,22,26H,5-6,9-10,15-20H2,1H3,(H,27,29). The zero-order valence-corrected chi connectivity index (χ0v) is 18.1. The van der Waals surface area contributed by atoms with Crippen LogP contribution in [0.2, 0.25) is 0 Å². The number of benzene rings is 2. The number of hydrogen-bond acceptors (Lipinski definition) is 4. The summed E-state index contributed by atoms with van der Waals surface area (Å²) in [5, 5.41) is 6.58. The van der Waals surface area contributed by atoms with Gasteiger partial charge in [-0.1, -0.05) is 30.3 Å². The van der Waals surface area contributed by atoms with Crippen molar-refractivity contribution in [1.29, 1.82) is 0 Å². The molecule has 2 N–H and O–H groups in total. The van der Waals surface area contributed by atoms with Crippen LogP contribution in [0.3, 0.4) is 0 Å². The van der Waals surface area contributed by atoms with Gasteiger partial charge in [0.2, 0.25) is 5.91 Å². The Labute approximate surface area is 180 Å². The van der Waals surface area contributed by atoms with Gasteiger partial charge in [0.1, 0.15) is 0 Å². The zero-order valence-electron chi connectivity index (χ0n) is 18.1. The van der Waals surface area contributed by atoms with Crippen LogP contribution < -0.4 is 15.5 Å². The molecule has 1 heterocycles. The van der Waals surface area contributed by atoms with E-state index < -0.39 is 0 Å². The number of ether oxygens (including phenoxy) is 1. The molecule has 5 heteroatoms. The molecule has 2 aromatic carbocycles. The van der Waals surface area contributed by atoms with Crippen molar-refractivity contribution in [3.63, 3.8) is 0 Å². The molecule has 0 aliphatic carbocycles. The van der Waals surface area contributed by atoms with Gasteiger partial charge in [-0.05, 0) is 61.9 Å². The minimum absolute atomic E-state index is 0.0961. The van der Waals surface area contributed by atoms with E-state index >= 15 is 0 Å². The topological polar surface area (TPSA) is 53.6 Å². The summed E-state index contributed by atoms with van der Waals surface area (Å²) in [4.78, 5) is 14.6. The second-order valence-corrected chi connectivity index (χ2v) is 8.00. The first-order chi connectivity index (χ1) is 14.7. The summed E-state index contributed by atoms with van der Waals surface area (Å²) in [5.74, 6) is 0.0961. The Kier molecular flexibility index (Phi) is 9.19. The summed E-state index contributed by atoms with van der Waals surface area (Å²) in [6.45, 7) is 3.79. The molecule has 0 atom stereocenters. The quantitative estimate of drug-likeness (QED) is 0.545. The molecule has 0 unspecified atom stereocenters. The third-order valence-electron chi connectivity index (χ3n) is 5.71. The van der Waals surface area contributed by atoms with Crippen LogP contribution in [0.1, 0.15) is 37.7 Å².